The van der Waals surface area contributed by atoms with Crippen LogP contribution in [0.15, 0.2) is 6.07 Å². The van der Waals surface area contributed by atoms with Gasteiger partial charge in [0, 0.05) is 24.3 Å². The first-order valence-electron chi connectivity index (χ1n) is 5.94. The van der Waals surface area contributed by atoms with Crippen molar-refractivity contribution in [3.63, 3.8) is 0 Å². The normalized spacial score (nSPS) is 15.2. The van der Waals surface area contributed by atoms with Gasteiger partial charge in [-0.05, 0) is 13.0 Å². The summed E-state index contributed by atoms with van der Waals surface area (Å²) < 4.78 is 5.29. The number of nitrogens with zero attached hydrogens (tertiary/aromatic N) is 2. The Hall–Kier alpha value is -1.00. The molecule has 1 aliphatic heterocycles. The summed E-state index contributed by atoms with van der Waals surface area (Å²) in [6.07, 6.45) is 0. The number of pyridine rings is 1. The topological polar surface area (TPSA) is 51.4 Å². The van der Waals surface area contributed by atoms with E-state index in [-0.39, 0.29) is 0 Å². The fraction of sp³-hybridized carbons (Fsp3) is 0.583. The average Bonchev–Trinajstić information content (AvgIpc) is 2.37. The molecule has 1 aliphatic rings. The first-order chi connectivity index (χ1) is 8.18. The number of nitrogen functional groups attached to an aromatic ring is 1. The fourth-order valence-corrected chi connectivity index (χ4v) is 1.86. The van der Waals surface area contributed by atoms with Crippen molar-refractivity contribution in [2.45, 2.75) is 20.8 Å². The number of morpholine rings is 1. The zero-order chi connectivity index (χ0) is 12.8. The standard InChI is InChI=1S/C10H14ClN3O.C2H6/c1-7-8(12)6-9(11)13-10(7)14-2-4-15-5-3-14;1-2/h6H,2-5H2,1H3,(H2,12,13);1-2H3. The minimum absolute atomic E-state index is 0.444. The van der Waals surface area contributed by atoms with Crippen molar-refractivity contribution in [1.29, 1.82) is 0 Å². The zero-order valence-corrected chi connectivity index (χ0v) is 11.4. The van der Waals surface area contributed by atoms with Crippen molar-refractivity contribution in [2.75, 3.05) is 36.9 Å². The monoisotopic (exact) mass is 257 g/mol. The first kappa shape index (κ1) is 14.1. The maximum absolute atomic E-state index is 5.89. The molecule has 0 saturated carbocycles. The number of halogens is 1. The molecule has 2 rings (SSSR count). The van der Waals surface area contributed by atoms with Crippen LogP contribution in [0.2, 0.25) is 5.15 Å². The highest BCUT2D eigenvalue weighted by Crippen LogP contribution is 2.26. The number of aromatic nitrogens is 1. The molecule has 0 bridgehead atoms. The van der Waals surface area contributed by atoms with Crippen LogP contribution in [0.4, 0.5) is 11.5 Å². The Morgan fingerprint density at radius 1 is 1.35 bits per heavy atom. The Kier molecular flexibility index (Phi) is 5.51. The third-order valence-electron chi connectivity index (χ3n) is 2.57. The van der Waals surface area contributed by atoms with E-state index in [9.17, 15) is 0 Å². The van der Waals surface area contributed by atoms with Crippen molar-refractivity contribution in [2.24, 2.45) is 0 Å². The van der Waals surface area contributed by atoms with E-state index in [1.54, 1.807) is 6.07 Å². The molecule has 2 heterocycles. The summed E-state index contributed by atoms with van der Waals surface area (Å²) in [5.74, 6) is 0.878. The van der Waals surface area contributed by atoms with Crippen LogP contribution in [0, 0.1) is 6.92 Å². The van der Waals surface area contributed by atoms with Gasteiger partial charge >= 0.3 is 0 Å². The number of anilines is 2. The van der Waals surface area contributed by atoms with E-state index in [0.29, 0.717) is 10.8 Å². The SMILES string of the molecule is CC.Cc1c(N)cc(Cl)nc1N1CCOCC1. The van der Waals surface area contributed by atoms with Crippen molar-refractivity contribution in [3.05, 3.63) is 16.8 Å². The maximum atomic E-state index is 5.89. The van der Waals surface area contributed by atoms with Gasteiger partial charge in [-0.2, -0.15) is 0 Å². The minimum atomic E-state index is 0.444. The van der Waals surface area contributed by atoms with Gasteiger partial charge in [-0.1, -0.05) is 25.4 Å². The molecule has 1 aromatic heterocycles. The van der Waals surface area contributed by atoms with Crippen LogP contribution in [-0.4, -0.2) is 31.3 Å². The van der Waals surface area contributed by atoms with Gasteiger partial charge in [0.05, 0.1) is 13.2 Å². The molecule has 0 amide bonds. The summed E-state index contributed by atoms with van der Waals surface area (Å²) in [4.78, 5) is 6.47. The van der Waals surface area contributed by atoms with Crippen LogP contribution >= 0.6 is 11.6 Å². The highest BCUT2D eigenvalue weighted by molar-refractivity contribution is 6.29. The fourth-order valence-electron chi connectivity index (χ4n) is 1.67. The summed E-state index contributed by atoms with van der Waals surface area (Å²) in [6, 6.07) is 1.68. The largest absolute Gasteiger partial charge is 0.398 e. The Morgan fingerprint density at radius 3 is 2.53 bits per heavy atom. The second-order valence-corrected chi connectivity index (χ2v) is 3.97. The molecule has 0 spiro atoms. The van der Waals surface area contributed by atoms with Gasteiger partial charge in [-0.25, -0.2) is 4.98 Å². The zero-order valence-electron chi connectivity index (χ0n) is 10.7. The summed E-state index contributed by atoms with van der Waals surface area (Å²) in [6.45, 7) is 9.10. The summed E-state index contributed by atoms with van der Waals surface area (Å²) in [5, 5.41) is 0.444. The third-order valence-corrected chi connectivity index (χ3v) is 2.76. The lowest BCUT2D eigenvalue weighted by Crippen LogP contribution is -2.37. The number of hydrogen-bond acceptors (Lipinski definition) is 4. The quantitative estimate of drug-likeness (QED) is 0.786. The van der Waals surface area contributed by atoms with Gasteiger partial charge in [0.2, 0.25) is 0 Å². The van der Waals surface area contributed by atoms with Crippen molar-refractivity contribution < 1.29 is 4.74 Å². The minimum Gasteiger partial charge on any atom is -0.398 e. The lowest BCUT2D eigenvalue weighted by Gasteiger charge is -2.29. The molecule has 0 atom stereocenters. The highest BCUT2D eigenvalue weighted by atomic mass is 35.5. The van der Waals surface area contributed by atoms with Crippen LogP contribution in [0.3, 0.4) is 0 Å². The molecule has 0 aromatic carbocycles. The van der Waals surface area contributed by atoms with Crippen molar-refractivity contribution >= 4 is 23.1 Å². The molecule has 1 aromatic rings. The van der Waals surface area contributed by atoms with Gasteiger partial charge in [-0.3, -0.25) is 0 Å². The van der Waals surface area contributed by atoms with Crippen LogP contribution in [-0.2, 0) is 4.74 Å². The number of nitrogens with two attached hydrogens (primary N) is 1. The van der Waals surface area contributed by atoms with Gasteiger partial charge in [-0.15, -0.1) is 0 Å². The lowest BCUT2D eigenvalue weighted by atomic mass is 10.2. The second kappa shape index (κ2) is 6.67. The van der Waals surface area contributed by atoms with Crippen LogP contribution in [0.25, 0.3) is 0 Å². The van der Waals surface area contributed by atoms with Crippen LogP contribution < -0.4 is 10.6 Å². The summed E-state index contributed by atoms with van der Waals surface area (Å²) in [7, 11) is 0. The van der Waals surface area contributed by atoms with E-state index >= 15 is 0 Å². The lowest BCUT2D eigenvalue weighted by molar-refractivity contribution is 0.122. The van der Waals surface area contributed by atoms with Crippen molar-refractivity contribution in [3.8, 4) is 0 Å². The van der Waals surface area contributed by atoms with Crippen molar-refractivity contribution in [1.82, 2.24) is 4.98 Å². The molecule has 4 nitrogen and oxygen atoms in total. The average molecular weight is 258 g/mol. The molecule has 96 valence electrons. The predicted octanol–water partition coefficient (Wildman–Crippen LogP) is 2.49. The summed E-state index contributed by atoms with van der Waals surface area (Å²) >= 11 is 5.89. The van der Waals surface area contributed by atoms with Gasteiger partial charge in [0.15, 0.2) is 0 Å². The van der Waals surface area contributed by atoms with E-state index in [1.165, 1.54) is 0 Å². The molecular weight excluding hydrogens is 238 g/mol. The highest BCUT2D eigenvalue weighted by Gasteiger charge is 2.16. The third kappa shape index (κ3) is 3.48. The van der Waals surface area contributed by atoms with E-state index in [2.05, 4.69) is 9.88 Å². The molecule has 0 unspecified atom stereocenters. The molecule has 0 aliphatic carbocycles. The Labute approximate surface area is 108 Å². The molecule has 1 fully saturated rings. The van der Waals surface area contributed by atoms with Gasteiger partial charge in [0.1, 0.15) is 11.0 Å². The Bertz CT molecular complexity index is 365. The summed E-state index contributed by atoms with van der Waals surface area (Å²) in [5.41, 5.74) is 7.52. The van der Waals surface area contributed by atoms with E-state index in [4.69, 9.17) is 22.1 Å². The Morgan fingerprint density at radius 2 is 1.94 bits per heavy atom. The molecule has 2 N–H and O–H groups in total. The molecule has 17 heavy (non-hydrogen) atoms. The van der Waals surface area contributed by atoms with E-state index in [1.807, 2.05) is 20.8 Å². The number of rotatable bonds is 1. The second-order valence-electron chi connectivity index (χ2n) is 3.58. The molecule has 0 radical (unpaired) electrons. The first-order valence-corrected chi connectivity index (χ1v) is 6.31. The maximum Gasteiger partial charge on any atom is 0.135 e. The van der Waals surface area contributed by atoms with Crippen LogP contribution in [0.5, 0.6) is 0 Å². The van der Waals surface area contributed by atoms with E-state index in [0.717, 1.165) is 37.7 Å². The number of hydrogen-bond donors (Lipinski definition) is 1. The van der Waals surface area contributed by atoms with Crippen LogP contribution in [0.1, 0.15) is 19.4 Å². The Balaban J connectivity index is 0.000000686. The molecule has 1 saturated heterocycles. The molecule has 5 heteroatoms. The van der Waals surface area contributed by atoms with Gasteiger partial charge < -0.3 is 15.4 Å². The van der Waals surface area contributed by atoms with Gasteiger partial charge in [0.25, 0.3) is 0 Å². The van der Waals surface area contributed by atoms with E-state index < -0.39 is 0 Å². The molecular formula is C12H20ClN3O. The smallest absolute Gasteiger partial charge is 0.135 e. The number of ether oxygens (including phenoxy) is 1. The predicted molar refractivity (Wildman–Crippen MR) is 72.8 cm³/mol.